The molecule has 0 spiro atoms. The second-order valence-electron chi connectivity index (χ2n) is 14.6. The third kappa shape index (κ3) is 19.8. The fourth-order valence-electron chi connectivity index (χ4n) is 6.80. The van der Waals surface area contributed by atoms with E-state index in [0.717, 1.165) is 6.42 Å². The summed E-state index contributed by atoms with van der Waals surface area (Å²) in [6.45, 7) is 5.17. The Bertz CT molecular complexity index is 1650. The van der Waals surface area contributed by atoms with E-state index < -0.39 is 42.7 Å². The van der Waals surface area contributed by atoms with E-state index in [0.29, 0.717) is 127 Å². The van der Waals surface area contributed by atoms with Crippen LogP contribution in [0.25, 0.3) is 10.9 Å². The van der Waals surface area contributed by atoms with Crippen molar-refractivity contribution < 1.29 is 57.6 Å². The molecular formula is C39H59F2N9O10. The van der Waals surface area contributed by atoms with Crippen LogP contribution >= 0.6 is 0 Å². The average Bonchev–Trinajstić information content (AvgIpc) is 3.20. The van der Waals surface area contributed by atoms with Crippen molar-refractivity contribution in [3.8, 4) is 5.75 Å². The van der Waals surface area contributed by atoms with Gasteiger partial charge in [-0.15, -0.1) is 0 Å². The van der Waals surface area contributed by atoms with Gasteiger partial charge in [0.2, 0.25) is 12.8 Å². The maximum absolute atomic E-state index is 13.8. The van der Waals surface area contributed by atoms with Crippen molar-refractivity contribution in [3.63, 3.8) is 0 Å². The lowest BCUT2D eigenvalue weighted by molar-refractivity contribution is -0.140. The number of carbonyl (C=O) groups excluding carboxylic acids is 3. The molecule has 0 atom stereocenters. The summed E-state index contributed by atoms with van der Waals surface area (Å²) >= 11 is 0. The quantitative estimate of drug-likeness (QED) is 0.0505. The number of nitrogens with zero attached hydrogens (tertiary/aromatic N) is 6. The average molecular weight is 852 g/mol. The predicted octanol–water partition coefficient (Wildman–Crippen LogP) is -0.191. The molecule has 0 aliphatic carbocycles. The predicted molar refractivity (Wildman–Crippen MR) is 216 cm³/mol. The third-order valence-corrected chi connectivity index (χ3v) is 9.90. The molecule has 6 N–H and O–H groups in total. The Kier molecular flexibility index (Phi) is 22.1. The zero-order valence-corrected chi connectivity index (χ0v) is 33.9. The van der Waals surface area contributed by atoms with E-state index in [1.807, 2.05) is 5.32 Å². The number of alkyl halides is 2. The highest BCUT2D eigenvalue weighted by molar-refractivity contribution is 6.06. The van der Waals surface area contributed by atoms with Gasteiger partial charge in [0.1, 0.15) is 5.75 Å². The van der Waals surface area contributed by atoms with Crippen molar-refractivity contribution in [3.05, 3.63) is 36.0 Å². The molecule has 1 fully saturated rings. The summed E-state index contributed by atoms with van der Waals surface area (Å²) in [5.74, 6) is -6.00. The van der Waals surface area contributed by atoms with Gasteiger partial charge in [0.05, 0.1) is 43.9 Å². The first-order valence-corrected chi connectivity index (χ1v) is 20.1. The molecule has 0 unspecified atom stereocenters. The fraction of sp³-hybridized carbons (Fsp3) is 0.615. The number of aliphatic carboxylic acids is 3. The van der Waals surface area contributed by atoms with Gasteiger partial charge in [0, 0.05) is 96.5 Å². The van der Waals surface area contributed by atoms with Gasteiger partial charge in [-0.3, -0.25) is 48.5 Å². The van der Waals surface area contributed by atoms with Crippen molar-refractivity contribution in [1.29, 1.82) is 0 Å². The Morgan fingerprint density at radius 3 is 1.88 bits per heavy atom. The maximum atomic E-state index is 13.8. The van der Waals surface area contributed by atoms with Crippen LogP contribution < -0.4 is 20.7 Å². The van der Waals surface area contributed by atoms with E-state index in [2.05, 4.69) is 25.4 Å². The SMILES string of the molecule is O=CNCCN(CCCOc1ccc2nccc(C(=O)NCCCC(F)(F)CNC=O)c2c1)CCCN1CCN(CC(=O)O)CCN(CC(=O)O)CCN(CC(=O)O)CC1. The molecule has 2 heterocycles. The van der Waals surface area contributed by atoms with Gasteiger partial charge in [-0.05, 0) is 56.6 Å². The van der Waals surface area contributed by atoms with E-state index in [4.69, 9.17) is 4.74 Å². The molecule has 334 valence electrons. The number of amides is 3. The van der Waals surface area contributed by atoms with Crippen molar-refractivity contribution >= 4 is 47.5 Å². The van der Waals surface area contributed by atoms with E-state index in [9.17, 15) is 52.9 Å². The number of aromatic nitrogens is 1. The van der Waals surface area contributed by atoms with Crippen LogP contribution in [-0.4, -0.2) is 212 Å². The largest absolute Gasteiger partial charge is 0.494 e. The molecule has 3 rings (SSSR count). The van der Waals surface area contributed by atoms with E-state index in [1.54, 1.807) is 39.0 Å². The number of fused-ring (bicyclic) bond motifs is 1. The molecule has 1 aromatic heterocycles. The van der Waals surface area contributed by atoms with Crippen LogP contribution in [0.5, 0.6) is 5.75 Å². The first kappa shape index (κ1) is 49.3. The maximum Gasteiger partial charge on any atom is 0.317 e. The number of hydrogen-bond donors (Lipinski definition) is 6. The number of rotatable bonds is 27. The molecule has 1 aliphatic rings. The van der Waals surface area contributed by atoms with Crippen molar-refractivity contribution in [1.82, 2.24) is 45.4 Å². The molecular weight excluding hydrogens is 792 g/mol. The topological polar surface area (TPSA) is 238 Å². The third-order valence-electron chi connectivity index (χ3n) is 9.90. The van der Waals surface area contributed by atoms with Crippen LogP contribution in [-0.2, 0) is 24.0 Å². The molecule has 2 aromatic rings. The van der Waals surface area contributed by atoms with Crippen LogP contribution in [0.2, 0.25) is 0 Å². The summed E-state index contributed by atoms with van der Waals surface area (Å²) < 4.78 is 33.7. The minimum Gasteiger partial charge on any atom is -0.494 e. The second-order valence-corrected chi connectivity index (χ2v) is 14.6. The molecule has 0 bridgehead atoms. The van der Waals surface area contributed by atoms with E-state index >= 15 is 0 Å². The van der Waals surface area contributed by atoms with Crippen molar-refractivity contribution in [2.75, 3.05) is 124 Å². The Morgan fingerprint density at radius 1 is 0.750 bits per heavy atom. The molecule has 21 heteroatoms. The fourth-order valence-corrected chi connectivity index (χ4v) is 6.80. The molecule has 0 saturated carbocycles. The van der Waals surface area contributed by atoms with Crippen molar-refractivity contribution in [2.45, 2.75) is 31.6 Å². The summed E-state index contributed by atoms with van der Waals surface area (Å²) in [4.78, 5) is 83.1. The second kappa shape index (κ2) is 26.9. The van der Waals surface area contributed by atoms with Gasteiger partial charge >= 0.3 is 17.9 Å². The number of nitrogens with one attached hydrogen (secondary N) is 3. The van der Waals surface area contributed by atoms with Crippen LogP contribution in [0.3, 0.4) is 0 Å². The van der Waals surface area contributed by atoms with Crippen LogP contribution in [0.15, 0.2) is 30.5 Å². The summed E-state index contributed by atoms with van der Waals surface area (Å²) in [5.41, 5.74) is 0.872. The van der Waals surface area contributed by atoms with Gasteiger partial charge in [-0.2, -0.15) is 0 Å². The first-order chi connectivity index (χ1) is 28.8. The monoisotopic (exact) mass is 851 g/mol. The number of carboxylic acid groups (broad SMARTS) is 3. The Hall–Kier alpha value is -5.09. The lowest BCUT2D eigenvalue weighted by atomic mass is 10.1. The highest BCUT2D eigenvalue weighted by Gasteiger charge is 2.28. The molecule has 19 nitrogen and oxygen atoms in total. The first-order valence-electron chi connectivity index (χ1n) is 20.1. The summed E-state index contributed by atoms with van der Waals surface area (Å²) in [7, 11) is 0. The van der Waals surface area contributed by atoms with Crippen LogP contribution in [0, 0.1) is 0 Å². The van der Waals surface area contributed by atoms with Gasteiger partial charge in [-0.1, -0.05) is 0 Å². The van der Waals surface area contributed by atoms with E-state index in [-0.39, 0.29) is 39.0 Å². The number of pyridine rings is 1. The minimum atomic E-state index is -3.09. The molecule has 0 radical (unpaired) electrons. The van der Waals surface area contributed by atoms with Crippen LogP contribution in [0.4, 0.5) is 8.78 Å². The summed E-state index contributed by atoms with van der Waals surface area (Å²) in [6.07, 6.45) is 3.21. The number of carbonyl (C=O) groups is 6. The van der Waals surface area contributed by atoms with Gasteiger partial charge in [0.15, 0.2) is 0 Å². The Balaban J connectivity index is 1.57. The van der Waals surface area contributed by atoms with E-state index in [1.165, 1.54) is 6.20 Å². The number of ether oxygens (including phenoxy) is 1. The Morgan fingerprint density at radius 2 is 1.32 bits per heavy atom. The molecule has 3 amide bonds. The number of carboxylic acids is 3. The molecule has 1 aliphatic heterocycles. The molecule has 1 saturated heterocycles. The smallest absolute Gasteiger partial charge is 0.317 e. The molecule has 1 aromatic carbocycles. The highest BCUT2D eigenvalue weighted by atomic mass is 19.3. The summed E-state index contributed by atoms with van der Waals surface area (Å²) in [5, 5.41) is 36.3. The molecule has 60 heavy (non-hydrogen) atoms. The lowest BCUT2D eigenvalue weighted by Crippen LogP contribution is -2.48. The number of hydrogen-bond acceptors (Lipinski definition) is 13. The summed E-state index contributed by atoms with van der Waals surface area (Å²) in [6, 6.07) is 6.73. The zero-order chi connectivity index (χ0) is 43.8. The minimum absolute atomic E-state index is 0.00960. The van der Waals surface area contributed by atoms with Gasteiger partial charge < -0.3 is 45.8 Å². The number of halogens is 2. The van der Waals surface area contributed by atoms with Gasteiger partial charge in [0.25, 0.3) is 11.8 Å². The highest BCUT2D eigenvalue weighted by Crippen LogP contribution is 2.23. The van der Waals surface area contributed by atoms with Crippen LogP contribution in [0.1, 0.15) is 36.0 Å². The zero-order valence-electron chi connectivity index (χ0n) is 33.9. The standard InChI is InChI=1S/C39H59F2N9O10/c40-39(41,28-43-30-52)7-1-8-45-38(59)32-6-9-44-34-5-4-31(24-33(32)34)60-23-3-13-46(14-10-42-29-51)11-2-12-47-15-17-48(25-35(53)54)19-21-50(27-37(57)58)22-20-49(18-16-47)26-36(55)56/h4-6,9,24,29-30H,1-3,7-8,10-23,25-28H2,(H,42,51)(H,43,52)(H,45,59)(H,53,54)(H,55,56)(H,57,58). The van der Waals surface area contributed by atoms with Gasteiger partial charge in [-0.25, -0.2) is 8.78 Å². The normalized spacial score (nSPS) is 15.4. The number of benzene rings is 1. The van der Waals surface area contributed by atoms with Crippen molar-refractivity contribution in [2.24, 2.45) is 0 Å². The Labute approximate surface area is 348 Å². The lowest BCUT2D eigenvalue weighted by Gasteiger charge is -2.33.